The molecule has 1 aliphatic carbocycles. The molecule has 1 amide bonds. The molecule has 1 saturated carbocycles. The highest BCUT2D eigenvalue weighted by atomic mass is 19.3. The standard InChI is InChI=1S/C15H15F2N3O2/c16-15(17,14(22)6-3-7-14)13(21)19-11-4-1-2-5-12(11)20-9-8-18-10-20/h1-2,4-5,8-10,22H,3,6-7H2,(H,19,21). The molecule has 5 nitrogen and oxygen atoms in total. The lowest BCUT2D eigenvalue weighted by Gasteiger charge is -2.41. The van der Waals surface area contributed by atoms with Crippen LogP contribution in [-0.4, -0.2) is 32.1 Å². The molecule has 7 heteroatoms. The molecule has 1 fully saturated rings. The highest BCUT2D eigenvalue weighted by molar-refractivity contribution is 5.98. The normalized spacial score (nSPS) is 16.9. The number of hydrogen-bond donors (Lipinski definition) is 2. The second-order valence-corrected chi connectivity index (χ2v) is 5.40. The molecule has 2 N–H and O–H groups in total. The van der Waals surface area contributed by atoms with Gasteiger partial charge in [-0.2, -0.15) is 8.78 Å². The predicted octanol–water partition coefficient (Wildman–Crippen LogP) is 2.36. The van der Waals surface area contributed by atoms with E-state index in [0.29, 0.717) is 12.1 Å². The summed E-state index contributed by atoms with van der Waals surface area (Å²) < 4.78 is 29.9. The van der Waals surface area contributed by atoms with Crippen LogP contribution >= 0.6 is 0 Å². The average Bonchev–Trinajstić information content (AvgIpc) is 2.99. The van der Waals surface area contributed by atoms with E-state index in [-0.39, 0.29) is 18.5 Å². The number of amides is 1. The first-order valence-corrected chi connectivity index (χ1v) is 6.93. The van der Waals surface area contributed by atoms with E-state index in [1.54, 1.807) is 35.2 Å². The molecular weight excluding hydrogens is 292 g/mol. The van der Waals surface area contributed by atoms with Gasteiger partial charge in [0.2, 0.25) is 0 Å². The maximum absolute atomic E-state index is 14.1. The van der Waals surface area contributed by atoms with Crippen LogP contribution in [0.1, 0.15) is 19.3 Å². The molecule has 3 rings (SSSR count). The number of halogens is 2. The van der Waals surface area contributed by atoms with Gasteiger partial charge in [-0.3, -0.25) is 4.79 Å². The van der Waals surface area contributed by atoms with Crippen molar-refractivity contribution >= 4 is 11.6 Å². The number of carbonyl (C=O) groups is 1. The summed E-state index contributed by atoms with van der Waals surface area (Å²) in [6.07, 6.45) is 5.04. The number of alkyl halides is 2. The predicted molar refractivity (Wildman–Crippen MR) is 75.9 cm³/mol. The maximum Gasteiger partial charge on any atom is 0.352 e. The van der Waals surface area contributed by atoms with E-state index in [1.165, 1.54) is 12.4 Å². The largest absolute Gasteiger partial charge is 0.383 e. The maximum atomic E-state index is 14.1. The van der Waals surface area contributed by atoms with Crippen LogP contribution in [0.15, 0.2) is 43.0 Å². The van der Waals surface area contributed by atoms with Gasteiger partial charge in [-0.15, -0.1) is 0 Å². The Kier molecular flexibility index (Phi) is 3.44. The second kappa shape index (κ2) is 5.17. The van der Waals surface area contributed by atoms with E-state index < -0.39 is 17.4 Å². The van der Waals surface area contributed by atoms with Crippen LogP contribution in [-0.2, 0) is 4.79 Å². The topological polar surface area (TPSA) is 67.2 Å². The first kappa shape index (κ1) is 14.6. The molecule has 2 aromatic rings. The summed E-state index contributed by atoms with van der Waals surface area (Å²) in [7, 11) is 0. The van der Waals surface area contributed by atoms with Gasteiger partial charge in [0.25, 0.3) is 5.91 Å². The number of nitrogens with one attached hydrogen (secondary N) is 1. The molecule has 0 radical (unpaired) electrons. The lowest BCUT2D eigenvalue weighted by Crippen LogP contribution is -2.59. The van der Waals surface area contributed by atoms with Crippen molar-refractivity contribution in [1.29, 1.82) is 0 Å². The van der Waals surface area contributed by atoms with Gasteiger partial charge in [0.1, 0.15) is 5.60 Å². The van der Waals surface area contributed by atoms with Gasteiger partial charge < -0.3 is 15.0 Å². The Hall–Kier alpha value is -2.28. The number of rotatable bonds is 4. The Morgan fingerprint density at radius 2 is 2.09 bits per heavy atom. The third-order valence-electron chi connectivity index (χ3n) is 3.99. The second-order valence-electron chi connectivity index (χ2n) is 5.40. The summed E-state index contributed by atoms with van der Waals surface area (Å²) in [4.78, 5) is 15.8. The van der Waals surface area contributed by atoms with Crippen molar-refractivity contribution in [3.63, 3.8) is 0 Å². The summed E-state index contributed by atoms with van der Waals surface area (Å²) in [5, 5.41) is 12.0. The van der Waals surface area contributed by atoms with Crippen molar-refractivity contribution < 1.29 is 18.7 Å². The van der Waals surface area contributed by atoms with Crippen molar-refractivity contribution in [3.05, 3.63) is 43.0 Å². The summed E-state index contributed by atoms with van der Waals surface area (Å²) in [6.45, 7) is 0. The Morgan fingerprint density at radius 1 is 1.36 bits per heavy atom. The zero-order valence-corrected chi connectivity index (χ0v) is 11.7. The Bertz CT molecular complexity index is 682. The van der Waals surface area contributed by atoms with E-state index in [0.717, 1.165) is 0 Å². The SMILES string of the molecule is O=C(Nc1ccccc1-n1ccnc1)C(F)(F)C1(O)CCC1. The highest BCUT2D eigenvalue weighted by Crippen LogP contribution is 2.44. The molecular formula is C15H15F2N3O2. The van der Waals surface area contributed by atoms with Crippen molar-refractivity contribution in [2.45, 2.75) is 30.8 Å². The van der Waals surface area contributed by atoms with Crippen molar-refractivity contribution in [2.75, 3.05) is 5.32 Å². The van der Waals surface area contributed by atoms with Gasteiger partial charge in [0, 0.05) is 12.4 Å². The molecule has 0 atom stereocenters. The van der Waals surface area contributed by atoms with Gasteiger partial charge >= 0.3 is 5.92 Å². The first-order valence-electron chi connectivity index (χ1n) is 6.93. The number of aromatic nitrogens is 2. The molecule has 0 unspecified atom stereocenters. The van der Waals surface area contributed by atoms with Crippen LogP contribution in [0.2, 0.25) is 0 Å². The lowest BCUT2D eigenvalue weighted by molar-refractivity contribution is -0.212. The summed E-state index contributed by atoms with van der Waals surface area (Å²) >= 11 is 0. The van der Waals surface area contributed by atoms with E-state index >= 15 is 0 Å². The van der Waals surface area contributed by atoms with E-state index in [2.05, 4.69) is 10.3 Å². The minimum atomic E-state index is -3.83. The first-order chi connectivity index (χ1) is 10.4. The van der Waals surface area contributed by atoms with Gasteiger partial charge in [-0.05, 0) is 31.4 Å². The highest BCUT2D eigenvalue weighted by Gasteiger charge is 2.61. The molecule has 1 aliphatic rings. The van der Waals surface area contributed by atoms with Gasteiger partial charge in [0.05, 0.1) is 17.7 Å². The van der Waals surface area contributed by atoms with Crippen LogP contribution in [0.3, 0.4) is 0 Å². The van der Waals surface area contributed by atoms with Crippen molar-refractivity contribution in [3.8, 4) is 5.69 Å². The molecule has 0 spiro atoms. The van der Waals surface area contributed by atoms with E-state index in [1.807, 2.05) is 0 Å². The molecule has 116 valence electrons. The van der Waals surface area contributed by atoms with Crippen LogP contribution in [0.25, 0.3) is 5.69 Å². The van der Waals surface area contributed by atoms with Crippen LogP contribution in [0.4, 0.5) is 14.5 Å². The number of nitrogens with zero attached hydrogens (tertiary/aromatic N) is 2. The molecule has 1 aromatic carbocycles. The quantitative estimate of drug-likeness (QED) is 0.911. The van der Waals surface area contributed by atoms with Gasteiger partial charge in [-0.25, -0.2) is 4.98 Å². The number of carbonyl (C=O) groups excluding carboxylic acids is 1. The Morgan fingerprint density at radius 3 is 2.68 bits per heavy atom. The average molecular weight is 307 g/mol. The summed E-state index contributed by atoms with van der Waals surface area (Å²) in [6, 6.07) is 6.55. The molecule has 1 heterocycles. The lowest BCUT2D eigenvalue weighted by atomic mass is 9.75. The fraction of sp³-hybridized carbons (Fsp3) is 0.333. The third kappa shape index (κ3) is 2.27. The van der Waals surface area contributed by atoms with E-state index in [9.17, 15) is 18.7 Å². The zero-order valence-electron chi connectivity index (χ0n) is 11.7. The van der Waals surface area contributed by atoms with E-state index in [4.69, 9.17) is 0 Å². The summed E-state index contributed by atoms with van der Waals surface area (Å²) in [5.41, 5.74) is -1.49. The monoisotopic (exact) mass is 307 g/mol. The van der Waals surface area contributed by atoms with Gasteiger partial charge in [0.15, 0.2) is 0 Å². The summed E-state index contributed by atoms with van der Waals surface area (Å²) in [5.74, 6) is -5.32. The number of imidazole rings is 1. The van der Waals surface area contributed by atoms with Crippen molar-refractivity contribution in [1.82, 2.24) is 9.55 Å². The smallest absolute Gasteiger partial charge is 0.352 e. The number of anilines is 1. The number of para-hydroxylation sites is 2. The minimum absolute atomic E-state index is 0.0728. The fourth-order valence-corrected chi connectivity index (χ4v) is 2.44. The molecule has 22 heavy (non-hydrogen) atoms. The molecule has 0 bridgehead atoms. The number of aliphatic hydroxyl groups is 1. The molecule has 1 aromatic heterocycles. The Balaban J connectivity index is 1.86. The van der Waals surface area contributed by atoms with Crippen LogP contribution in [0, 0.1) is 0 Å². The van der Waals surface area contributed by atoms with Crippen molar-refractivity contribution in [2.24, 2.45) is 0 Å². The van der Waals surface area contributed by atoms with Crippen LogP contribution < -0.4 is 5.32 Å². The Labute approximate surface area is 125 Å². The third-order valence-corrected chi connectivity index (χ3v) is 3.99. The van der Waals surface area contributed by atoms with Crippen LogP contribution in [0.5, 0.6) is 0 Å². The fourth-order valence-electron chi connectivity index (χ4n) is 2.44. The molecule has 0 aliphatic heterocycles. The zero-order chi connectivity index (χ0) is 15.8. The number of hydrogen-bond acceptors (Lipinski definition) is 3. The minimum Gasteiger partial charge on any atom is -0.383 e. The molecule has 0 saturated heterocycles. The van der Waals surface area contributed by atoms with Gasteiger partial charge in [-0.1, -0.05) is 12.1 Å². The number of benzene rings is 1.